The van der Waals surface area contributed by atoms with Gasteiger partial charge in [-0.2, -0.15) is 11.8 Å². The Kier molecular flexibility index (Phi) is 6.50. The summed E-state index contributed by atoms with van der Waals surface area (Å²) in [5.41, 5.74) is 0.159. The minimum absolute atomic E-state index is 0.00728. The van der Waals surface area contributed by atoms with Crippen molar-refractivity contribution >= 4 is 45.7 Å². The zero-order chi connectivity index (χ0) is 15.3. The molecule has 0 bridgehead atoms. The molecule has 0 aliphatic heterocycles. The lowest BCUT2D eigenvalue weighted by molar-refractivity contribution is -0.384. The topological polar surface area (TPSA) is 55.2 Å². The van der Waals surface area contributed by atoms with E-state index in [1.807, 2.05) is 6.26 Å². The van der Waals surface area contributed by atoms with E-state index in [9.17, 15) is 14.5 Å². The Hall–Kier alpha value is -0.570. The van der Waals surface area contributed by atoms with Crippen LogP contribution in [0, 0.1) is 19.5 Å². The second-order valence-corrected chi connectivity index (χ2v) is 6.92. The Morgan fingerprint density at radius 1 is 1.45 bits per heavy atom. The molecule has 0 aliphatic carbocycles. The molecule has 1 N–H and O–H groups in total. The molecule has 0 spiro atoms. The molecule has 0 heterocycles. The molecule has 1 aromatic rings. The summed E-state index contributed by atoms with van der Waals surface area (Å²) < 4.78 is 13.9. The molecule has 0 unspecified atom stereocenters. The molecular weight excluding hydrogens is 394 g/mol. The highest BCUT2D eigenvalue weighted by atomic mass is 127. The predicted octanol–water partition coefficient (Wildman–Crippen LogP) is 4.67. The average molecular weight is 412 g/mol. The fourth-order valence-corrected chi connectivity index (χ4v) is 3.19. The average Bonchev–Trinajstić information content (AvgIpc) is 2.44. The molecule has 0 aromatic heterocycles. The Bertz CT molecular complexity index is 487. The van der Waals surface area contributed by atoms with Gasteiger partial charge in [0.25, 0.3) is 5.69 Å². The number of nitro groups is 1. The molecule has 20 heavy (non-hydrogen) atoms. The molecule has 0 amide bonds. The summed E-state index contributed by atoms with van der Waals surface area (Å²) in [6.07, 6.45) is 3.91. The summed E-state index contributed by atoms with van der Waals surface area (Å²) in [5, 5.41) is 14.1. The van der Waals surface area contributed by atoms with Crippen molar-refractivity contribution in [3.05, 3.63) is 31.6 Å². The first kappa shape index (κ1) is 17.5. The van der Waals surface area contributed by atoms with Crippen LogP contribution in [0.15, 0.2) is 12.1 Å². The van der Waals surface area contributed by atoms with Gasteiger partial charge in [-0.15, -0.1) is 0 Å². The first-order valence-electron chi connectivity index (χ1n) is 6.31. The van der Waals surface area contributed by atoms with Gasteiger partial charge in [0, 0.05) is 23.4 Å². The van der Waals surface area contributed by atoms with E-state index in [2.05, 4.69) is 19.2 Å². The normalized spacial score (nSPS) is 11.4. The highest BCUT2D eigenvalue weighted by Gasteiger charge is 2.26. The van der Waals surface area contributed by atoms with Gasteiger partial charge in [0.15, 0.2) is 0 Å². The Balaban J connectivity index is 3.03. The van der Waals surface area contributed by atoms with Crippen molar-refractivity contribution in [2.45, 2.75) is 31.4 Å². The molecule has 1 rings (SSSR count). The maximum absolute atomic E-state index is 13.6. The van der Waals surface area contributed by atoms with E-state index >= 15 is 0 Å². The van der Waals surface area contributed by atoms with Crippen molar-refractivity contribution in [2.24, 2.45) is 0 Å². The van der Waals surface area contributed by atoms with E-state index in [1.54, 1.807) is 34.4 Å². The fraction of sp³-hybridized carbons (Fsp3) is 0.538. The van der Waals surface area contributed by atoms with Gasteiger partial charge >= 0.3 is 0 Å². The summed E-state index contributed by atoms with van der Waals surface area (Å²) in [4.78, 5) is 10.6. The van der Waals surface area contributed by atoms with Crippen molar-refractivity contribution in [3.63, 3.8) is 0 Å². The maximum Gasteiger partial charge on any atom is 0.293 e. The van der Waals surface area contributed by atoms with Crippen LogP contribution in [0.25, 0.3) is 0 Å². The van der Waals surface area contributed by atoms with Gasteiger partial charge in [-0.05, 0) is 41.7 Å². The standard InChI is InChI=1S/C13H18FIN2O2S/c1-4-13(5-2,20-3)8-16-11-6-9(14)10(15)7-12(11)17(18)19/h6-7,16H,4-5,8H2,1-3H3. The molecular formula is C13H18FIN2O2S. The summed E-state index contributed by atoms with van der Waals surface area (Å²) in [6.45, 7) is 4.75. The second-order valence-electron chi connectivity index (χ2n) is 4.49. The minimum atomic E-state index is -0.484. The van der Waals surface area contributed by atoms with E-state index in [0.29, 0.717) is 6.54 Å². The van der Waals surface area contributed by atoms with E-state index in [0.717, 1.165) is 12.8 Å². The third kappa shape index (κ3) is 3.97. The lowest BCUT2D eigenvalue weighted by Crippen LogP contribution is -2.32. The number of hydrogen-bond donors (Lipinski definition) is 1. The summed E-state index contributed by atoms with van der Waals surface area (Å²) in [5.74, 6) is -0.443. The first-order valence-corrected chi connectivity index (χ1v) is 8.62. The van der Waals surface area contributed by atoms with Crippen LogP contribution in [0.1, 0.15) is 26.7 Å². The van der Waals surface area contributed by atoms with Crippen molar-refractivity contribution in [3.8, 4) is 0 Å². The number of rotatable bonds is 7. The number of halogens is 2. The Morgan fingerprint density at radius 2 is 2.05 bits per heavy atom. The van der Waals surface area contributed by atoms with E-state index in [1.165, 1.54) is 12.1 Å². The highest BCUT2D eigenvalue weighted by molar-refractivity contribution is 14.1. The van der Waals surface area contributed by atoms with Crippen LogP contribution in [0.3, 0.4) is 0 Å². The van der Waals surface area contributed by atoms with E-state index in [-0.39, 0.29) is 19.7 Å². The molecule has 0 fully saturated rings. The molecule has 0 atom stereocenters. The van der Waals surface area contributed by atoms with Gasteiger partial charge < -0.3 is 5.32 Å². The number of anilines is 1. The van der Waals surface area contributed by atoms with Crippen LogP contribution in [0.2, 0.25) is 0 Å². The number of nitrogens with zero attached hydrogens (tertiary/aromatic N) is 1. The van der Waals surface area contributed by atoms with Gasteiger partial charge in [0.2, 0.25) is 0 Å². The molecule has 0 radical (unpaired) electrons. The van der Waals surface area contributed by atoms with Gasteiger partial charge in [-0.3, -0.25) is 10.1 Å². The Labute approximate surface area is 136 Å². The first-order chi connectivity index (χ1) is 9.39. The minimum Gasteiger partial charge on any atom is -0.378 e. The van der Waals surface area contributed by atoms with Gasteiger partial charge in [0.1, 0.15) is 11.5 Å². The summed E-state index contributed by atoms with van der Waals surface area (Å²) in [7, 11) is 0. The van der Waals surface area contributed by atoms with Crippen molar-refractivity contribution in [2.75, 3.05) is 18.1 Å². The van der Waals surface area contributed by atoms with Crippen LogP contribution in [0.5, 0.6) is 0 Å². The third-order valence-electron chi connectivity index (χ3n) is 3.56. The third-order valence-corrected chi connectivity index (χ3v) is 5.97. The van der Waals surface area contributed by atoms with Crippen LogP contribution in [-0.2, 0) is 0 Å². The van der Waals surface area contributed by atoms with Crippen LogP contribution in [-0.4, -0.2) is 22.5 Å². The Morgan fingerprint density at radius 3 is 2.50 bits per heavy atom. The number of hydrogen-bond acceptors (Lipinski definition) is 4. The van der Waals surface area contributed by atoms with E-state index < -0.39 is 10.7 Å². The fourth-order valence-electron chi connectivity index (χ4n) is 1.95. The SMILES string of the molecule is CCC(CC)(CNc1cc(F)c(I)cc1[N+](=O)[O-])SC. The van der Waals surface area contributed by atoms with Gasteiger partial charge in [-0.25, -0.2) is 4.39 Å². The second kappa shape index (κ2) is 7.44. The quantitative estimate of drug-likeness (QED) is 0.402. The molecule has 1 aromatic carbocycles. The predicted molar refractivity (Wildman–Crippen MR) is 91.1 cm³/mol. The van der Waals surface area contributed by atoms with Gasteiger partial charge in [0.05, 0.1) is 8.49 Å². The van der Waals surface area contributed by atoms with E-state index in [4.69, 9.17) is 0 Å². The van der Waals surface area contributed by atoms with Gasteiger partial charge in [-0.1, -0.05) is 13.8 Å². The van der Waals surface area contributed by atoms with Crippen molar-refractivity contribution in [1.82, 2.24) is 0 Å². The highest BCUT2D eigenvalue weighted by Crippen LogP contribution is 2.33. The van der Waals surface area contributed by atoms with Crippen molar-refractivity contribution < 1.29 is 9.31 Å². The number of benzene rings is 1. The maximum atomic E-state index is 13.6. The van der Waals surface area contributed by atoms with Crippen LogP contribution >= 0.6 is 34.4 Å². The zero-order valence-electron chi connectivity index (χ0n) is 11.7. The number of nitrogens with one attached hydrogen (secondary N) is 1. The van der Waals surface area contributed by atoms with Crippen molar-refractivity contribution in [1.29, 1.82) is 0 Å². The summed E-state index contributed by atoms with van der Waals surface area (Å²) in [6, 6.07) is 2.47. The lowest BCUT2D eigenvalue weighted by atomic mass is 10.0. The lowest BCUT2D eigenvalue weighted by Gasteiger charge is -2.30. The molecule has 4 nitrogen and oxygen atoms in total. The molecule has 0 saturated heterocycles. The number of thioether (sulfide) groups is 1. The molecule has 0 aliphatic rings. The summed E-state index contributed by atoms with van der Waals surface area (Å²) >= 11 is 3.49. The number of nitro benzene ring substituents is 1. The largest absolute Gasteiger partial charge is 0.378 e. The molecule has 112 valence electrons. The van der Waals surface area contributed by atoms with Crippen LogP contribution in [0.4, 0.5) is 15.8 Å². The monoisotopic (exact) mass is 412 g/mol. The van der Waals surface area contributed by atoms with Crippen LogP contribution < -0.4 is 5.32 Å². The molecule has 0 saturated carbocycles. The smallest absolute Gasteiger partial charge is 0.293 e. The molecule has 7 heteroatoms. The zero-order valence-corrected chi connectivity index (χ0v) is 14.7.